The summed E-state index contributed by atoms with van der Waals surface area (Å²) in [6.07, 6.45) is 8.73. The number of aliphatic hydroxyl groups excluding tert-OH is 4. The van der Waals surface area contributed by atoms with E-state index < -0.39 is 36.6 Å². The quantitative estimate of drug-likeness (QED) is 0.173. The fraction of sp³-hybridized carbons (Fsp3) is 0.955. The van der Waals surface area contributed by atoms with Crippen molar-refractivity contribution in [2.45, 2.75) is 114 Å². The zero-order valence-corrected chi connectivity index (χ0v) is 18.5. The molecule has 0 aromatic carbocycles. The maximum Gasteiger partial charge on any atom is 0.202 e. The van der Waals surface area contributed by atoms with E-state index in [2.05, 4.69) is 6.92 Å². The molecule has 1 aliphatic rings. The van der Waals surface area contributed by atoms with Crippen LogP contribution in [0.5, 0.6) is 0 Å². The number of Topliss-reactive ketones (excluding diaryl/α,β-unsaturated/α-hetero) is 1. The molecule has 0 amide bonds. The third-order valence-corrected chi connectivity index (χ3v) is 6.11. The Kier molecular flexibility index (Phi) is 13.9. The van der Waals surface area contributed by atoms with Gasteiger partial charge in [-0.2, -0.15) is 0 Å². The summed E-state index contributed by atoms with van der Waals surface area (Å²) in [5, 5.41) is 39.4. The van der Waals surface area contributed by atoms with E-state index >= 15 is 0 Å². The van der Waals surface area contributed by atoms with Crippen LogP contribution in [-0.2, 0) is 14.4 Å². The highest BCUT2D eigenvalue weighted by molar-refractivity contribution is 5.82. The van der Waals surface area contributed by atoms with E-state index in [1.54, 1.807) is 0 Å². The van der Waals surface area contributed by atoms with Crippen LogP contribution in [0.15, 0.2) is 0 Å². The molecule has 6 N–H and O–H groups in total. The maximum atomic E-state index is 12.8. The predicted molar refractivity (Wildman–Crippen MR) is 113 cm³/mol. The second-order valence-electron chi connectivity index (χ2n) is 8.45. The zero-order chi connectivity index (χ0) is 22.4. The van der Waals surface area contributed by atoms with Crippen molar-refractivity contribution in [2.24, 2.45) is 11.8 Å². The van der Waals surface area contributed by atoms with Gasteiger partial charge in [0, 0.05) is 19.4 Å². The van der Waals surface area contributed by atoms with E-state index in [1.165, 1.54) is 44.9 Å². The second kappa shape index (κ2) is 15.2. The molecule has 30 heavy (non-hydrogen) atoms. The number of hydrogen-bond acceptors (Lipinski definition) is 8. The molecule has 0 unspecified atom stereocenters. The minimum absolute atomic E-state index is 0.154. The summed E-state index contributed by atoms with van der Waals surface area (Å²) in [5.74, 6) is 2.05. The SMILES string of the molecule is CCCCCCCCCCCCCC(=O)[C@@H]1[C@@H](O)[C@H](O)[C@@H](CO)O[C@]1(CCO)ON. The van der Waals surface area contributed by atoms with Gasteiger partial charge < -0.3 is 25.2 Å². The van der Waals surface area contributed by atoms with Gasteiger partial charge in [0.2, 0.25) is 5.79 Å². The van der Waals surface area contributed by atoms with Gasteiger partial charge in [-0.25, -0.2) is 5.90 Å². The summed E-state index contributed by atoms with van der Waals surface area (Å²) in [6.45, 7) is 1.26. The highest BCUT2D eigenvalue weighted by atomic mass is 16.8. The molecule has 0 spiro atoms. The molecule has 0 saturated carbocycles. The Labute approximate surface area is 180 Å². The van der Waals surface area contributed by atoms with Gasteiger partial charge in [-0.05, 0) is 6.42 Å². The van der Waals surface area contributed by atoms with Gasteiger partial charge in [-0.3, -0.25) is 9.63 Å². The molecule has 1 heterocycles. The van der Waals surface area contributed by atoms with Gasteiger partial charge in [0.15, 0.2) is 0 Å². The van der Waals surface area contributed by atoms with Crippen LogP contribution in [0.25, 0.3) is 0 Å². The lowest BCUT2D eigenvalue weighted by molar-refractivity contribution is -0.350. The molecule has 1 saturated heterocycles. The van der Waals surface area contributed by atoms with Crippen LogP contribution in [-0.4, -0.2) is 63.5 Å². The molecular weight excluding hydrogens is 390 g/mol. The Hall–Kier alpha value is -0.610. The van der Waals surface area contributed by atoms with E-state index in [-0.39, 0.29) is 25.2 Å². The molecule has 0 aromatic rings. The largest absolute Gasteiger partial charge is 0.396 e. The van der Waals surface area contributed by atoms with E-state index in [0.29, 0.717) is 6.42 Å². The average molecular weight is 434 g/mol. The number of hydrogen-bond donors (Lipinski definition) is 5. The summed E-state index contributed by atoms with van der Waals surface area (Å²) in [6, 6.07) is 0. The number of unbranched alkanes of at least 4 members (excludes halogenated alkanes) is 10. The van der Waals surface area contributed by atoms with Crippen LogP contribution in [0.2, 0.25) is 0 Å². The third kappa shape index (κ3) is 8.15. The summed E-state index contributed by atoms with van der Waals surface area (Å²) in [5.41, 5.74) is 0. The van der Waals surface area contributed by atoms with E-state index in [4.69, 9.17) is 15.5 Å². The monoisotopic (exact) mass is 433 g/mol. The number of carbonyl (C=O) groups excluding carboxylic acids is 1. The van der Waals surface area contributed by atoms with Crippen LogP contribution < -0.4 is 5.90 Å². The second-order valence-corrected chi connectivity index (χ2v) is 8.45. The topological polar surface area (TPSA) is 142 Å². The van der Waals surface area contributed by atoms with Gasteiger partial charge in [-0.15, -0.1) is 0 Å². The van der Waals surface area contributed by atoms with Crippen molar-refractivity contribution >= 4 is 5.78 Å². The lowest BCUT2D eigenvalue weighted by atomic mass is 9.78. The first-order chi connectivity index (χ1) is 14.5. The lowest BCUT2D eigenvalue weighted by Crippen LogP contribution is -2.66. The Morgan fingerprint density at radius 2 is 1.47 bits per heavy atom. The summed E-state index contributed by atoms with van der Waals surface area (Å²) in [4.78, 5) is 17.8. The molecule has 1 rings (SSSR count). The normalized spacial score (nSPS) is 29.3. The fourth-order valence-corrected chi connectivity index (χ4v) is 4.31. The van der Waals surface area contributed by atoms with Crippen molar-refractivity contribution in [3.8, 4) is 0 Å². The fourth-order valence-electron chi connectivity index (χ4n) is 4.31. The first-order valence-corrected chi connectivity index (χ1v) is 11.6. The zero-order valence-electron chi connectivity index (χ0n) is 18.5. The molecule has 8 heteroatoms. The number of rotatable bonds is 17. The van der Waals surface area contributed by atoms with Crippen LogP contribution >= 0.6 is 0 Å². The number of aliphatic hydroxyl groups is 4. The molecule has 1 fully saturated rings. The molecular formula is C22H43NO7. The van der Waals surface area contributed by atoms with Crippen LogP contribution in [0.3, 0.4) is 0 Å². The molecule has 5 atom stereocenters. The molecule has 0 bridgehead atoms. The Balaban J connectivity index is 2.42. The minimum Gasteiger partial charge on any atom is -0.396 e. The van der Waals surface area contributed by atoms with Crippen molar-refractivity contribution in [3.63, 3.8) is 0 Å². The third-order valence-electron chi connectivity index (χ3n) is 6.11. The molecule has 0 aromatic heterocycles. The Bertz CT molecular complexity index is 465. The number of nitrogens with two attached hydrogens (primary N) is 1. The van der Waals surface area contributed by atoms with Crippen LogP contribution in [0, 0.1) is 5.92 Å². The van der Waals surface area contributed by atoms with Crippen molar-refractivity contribution in [1.29, 1.82) is 0 Å². The molecule has 178 valence electrons. The number of ether oxygens (including phenoxy) is 1. The minimum atomic E-state index is -1.77. The van der Waals surface area contributed by atoms with Crippen LogP contribution in [0.4, 0.5) is 0 Å². The first-order valence-electron chi connectivity index (χ1n) is 11.6. The predicted octanol–water partition coefficient (Wildman–Crippen LogP) is 1.95. The summed E-state index contributed by atoms with van der Waals surface area (Å²) < 4.78 is 5.55. The average Bonchev–Trinajstić information content (AvgIpc) is 2.74. The standard InChI is InChI=1S/C22H43NO7/c1-2-3-4-5-6-7-8-9-10-11-12-13-17(26)19-21(28)20(27)18(16-25)29-22(19,30-23)14-15-24/h18-21,24-25,27-28H,2-16,23H2,1H3/t18-,19-,20-,21-,22-/m1/s1. The van der Waals surface area contributed by atoms with Crippen molar-refractivity contribution in [1.82, 2.24) is 0 Å². The molecule has 0 aliphatic carbocycles. The highest BCUT2D eigenvalue weighted by Gasteiger charge is 2.57. The molecule has 1 aliphatic heterocycles. The first kappa shape index (κ1) is 27.4. The maximum absolute atomic E-state index is 12.8. The van der Waals surface area contributed by atoms with Crippen molar-refractivity contribution < 1.29 is 34.8 Å². The Morgan fingerprint density at radius 1 is 0.933 bits per heavy atom. The van der Waals surface area contributed by atoms with E-state index in [0.717, 1.165) is 19.3 Å². The van der Waals surface area contributed by atoms with Crippen molar-refractivity contribution in [2.75, 3.05) is 13.2 Å². The lowest BCUT2D eigenvalue weighted by Gasteiger charge is -2.48. The number of ketones is 1. The van der Waals surface area contributed by atoms with Gasteiger partial charge >= 0.3 is 0 Å². The number of carbonyl (C=O) groups is 1. The van der Waals surface area contributed by atoms with E-state index in [9.17, 15) is 25.2 Å². The van der Waals surface area contributed by atoms with Crippen LogP contribution in [0.1, 0.15) is 90.4 Å². The summed E-state index contributed by atoms with van der Waals surface area (Å²) in [7, 11) is 0. The van der Waals surface area contributed by atoms with Gasteiger partial charge in [0.25, 0.3) is 0 Å². The van der Waals surface area contributed by atoms with E-state index in [1.807, 2.05) is 0 Å². The highest BCUT2D eigenvalue weighted by Crippen LogP contribution is 2.39. The van der Waals surface area contributed by atoms with Crippen molar-refractivity contribution in [3.05, 3.63) is 0 Å². The van der Waals surface area contributed by atoms with Gasteiger partial charge in [-0.1, -0.05) is 71.1 Å². The Morgan fingerprint density at radius 3 is 1.93 bits per heavy atom. The molecule has 0 radical (unpaired) electrons. The van der Waals surface area contributed by atoms with Gasteiger partial charge in [0.1, 0.15) is 23.9 Å². The summed E-state index contributed by atoms with van der Waals surface area (Å²) >= 11 is 0. The smallest absolute Gasteiger partial charge is 0.202 e. The van der Waals surface area contributed by atoms with Gasteiger partial charge in [0.05, 0.1) is 12.7 Å². The molecule has 8 nitrogen and oxygen atoms in total.